The van der Waals surface area contributed by atoms with Crippen LogP contribution in [0.5, 0.6) is 0 Å². The van der Waals surface area contributed by atoms with E-state index in [9.17, 15) is 4.79 Å². The number of amides is 1. The van der Waals surface area contributed by atoms with Gasteiger partial charge < -0.3 is 10.2 Å². The topological polar surface area (TPSA) is 32.3 Å². The van der Waals surface area contributed by atoms with E-state index >= 15 is 0 Å². The number of likely N-dealkylation sites (tertiary alicyclic amines) is 1. The van der Waals surface area contributed by atoms with Crippen LogP contribution in [0.25, 0.3) is 0 Å². The molecule has 1 N–H and O–H groups in total. The number of carbonyl (C=O) groups is 1. The second-order valence-electron chi connectivity index (χ2n) is 5.08. The second kappa shape index (κ2) is 2.96. The Morgan fingerprint density at radius 1 is 1.36 bits per heavy atom. The molecule has 14 heavy (non-hydrogen) atoms. The van der Waals surface area contributed by atoms with Crippen LogP contribution in [0.1, 0.15) is 25.7 Å². The van der Waals surface area contributed by atoms with Crippen molar-refractivity contribution < 1.29 is 4.79 Å². The molecule has 0 unspecified atom stereocenters. The van der Waals surface area contributed by atoms with Crippen LogP contribution in [-0.2, 0) is 4.79 Å². The Morgan fingerprint density at radius 3 is 2.79 bits per heavy atom. The first-order valence-corrected chi connectivity index (χ1v) is 5.81. The van der Waals surface area contributed by atoms with E-state index in [1.807, 2.05) is 0 Å². The minimum atomic E-state index is 0.371. The summed E-state index contributed by atoms with van der Waals surface area (Å²) in [7, 11) is 0. The summed E-state index contributed by atoms with van der Waals surface area (Å²) in [6.45, 7) is 4.22. The van der Waals surface area contributed by atoms with Gasteiger partial charge in [-0.15, -0.1) is 0 Å². The van der Waals surface area contributed by atoms with Crippen molar-refractivity contribution in [3.63, 3.8) is 0 Å². The zero-order valence-corrected chi connectivity index (χ0v) is 8.59. The monoisotopic (exact) mass is 194 g/mol. The van der Waals surface area contributed by atoms with Crippen molar-refractivity contribution in [1.29, 1.82) is 0 Å². The summed E-state index contributed by atoms with van der Waals surface area (Å²) in [5.74, 6) is 0.821. The van der Waals surface area contributed by atoms with Gasteiger partial charge in [-0.25, -0.2) is 0 Å². The molecular formula is C11H18N2O. The molecule has 3 heteroatoms. The van der Waals surface area contributed by atoms with E-state index in [1.165, 1.54) is 19.3 Å². The van der Waals surface area contributed by atoms with Gasteiger partial charge in [0.15, 0.2) is 0 Å². The highest BCUT2D eigenvalue weighted by Crippen LogP contribution is 2.57. The molecule has 0 aromatic carbocycles. The molecule has 3 fully saturated rings. The van der Waals surface area contributed by atoms with Gasteiger partial charge in [0.25, 0.3) is 0 Å². The van der Waals surface area contributed by atoms with Crippen LogP contribution in [0.4, 0.5) is 0 Å². The first-order valence-electron chi connectivity index (χ1n) is 5.81. The third-order valence-electron chi connectivity index (χ3n) is 4.18. The zero-order chi connectivity index (χ0) is 9.60. The van der Waals surface area contributed by atoms with Gasteiger partial charge in [0.05, 0.1) is 0 Å². The Balaban J connectivity index is 1.64. The molecule has 2 atom stereocenters. The summed E-state index contributed by atoms with van der Waals surface area (Å²) in [6, 6.07) is 0. The second-order valence-corrected chi connectivity index (χ2v) is 5.08. The molecule has 2 heterocycles. The summed E-state index contributed by atoms with van der Waals surface area (Å²) in [5, 5.41) is 3.38. The Hall–Kier alpha value is -0.570. The van der Waals surface area contributed by atoms with Gasteiger partial charge in [-0.05, 0) is 37.6 Å². The van der Waals surface area contributed by atoms with E-state index in [-0.39, 0.29) is 0 Å². The van der Waals surface area contributed by atoms with Crippen LogP contribution >= 0.6 is 0 Å². The number of hydrogen-bond acceptors (Lipinski definition) is 2. The summed E-state index contributed by atoms with van der Waals surface area (Å²) >= 11 is 0. The molecule has 2 saturated heterocycles. The van der Waals surface area contributed by atoms with Gasteiger partial charge in [0.1, 0.15) is 0 Å². The lowest BCUT2D eigenvalue weighted by atomic mass is 10.0. The highest BCUT2D eigenvalue weighted by Gasteiger charge is 2.59. The molecule has 1 spiro atoms. The van der Waals surface area contributed by atoms with E-state index in [2.05, 4.69) is 10.2 Å². The molecule has 1 amide bonds. The van der Waals surface area contributed by atoms with Crippen LogP contribution in [0.15, 0.2) is 0 Å². The molecule has 3 nitrogen and oxygen atoms in total. The van der Waals surface area contributed by atoms with Gasteiger partial charge in [-0.2, -0.15) is 0 Å². The first-order chi connectivity index (χ1) is 6.82. The Morgan fingerprint density at radius 2 is 2.14 bits per heavy atom. The third kappa shape index (κ3) is 1.18. The van der Waals surface area contributed by atoms with Crippen LogP contribution in [0.2, 0.25) is 0 Å². The minimum absolute atomic E-state index is 0.371. The molecular weight excluding hydrogens is 176 g/mol. The maximum atomic E-state index is 12.1. The molecule has 3 aliphatic rings. The van der Waals surface area contributed by atoms with Gasteiger partial charge in [0.2, 0.25) is 5.91 Å². The lowest BCUT2D eigenvalue weighted by Gasteiger charge is -2.16. The summed E-state index contributed by atoms with van der Waals surface area (Å²) in [6.07, 6.45) is 4.79. The zero-order valence-electron chi connectivity index (χ0n) is 8.59. The summed E-state index contributed by atoms with van der Waals surface area (Å²) in [5.41, 5.74) is 0.389. The van der Waals surface area contributed by atoms with Gasteiger partial charge >= 0.3 is 0 Å². The van der Waals surface area contributed by atoms with E-state index in [0.717, 1.165) is 32.6 Å². The maximum Gasteiger partial charge on any atom is 0.226 e. The predicted octanol–water partition coefficient (Wildman–Crippen LogP) is 0.608. The maximum absolute atomic E-state index is 12.1. The van der Waals surface area contributed by atoms with Crippen molar-refractivity contribution in [2.75, 3.05) is 26.2 Å². The quantitative estimate of drug-likeness (QED) is 0.663. The molecule has 78 valence electrons. The molecule has 3 rings (SSSR count). The van der Waals surface area contributed by atoms with Crippen molar-refractivity contribution in [2.24, 2.45) is 11.3 Å². The number of rotatable bonds is 1. The number of nitrogens with one attached hydrogen (secondary N) is 1. The van der Waals surface area contributed by atoms with E-state index < -0.39 is 0 Å². The number of hydrogen-bond donors (Lipinski definition) is 1. The Kier molecular flexibility index (Phi) is 1.84. The lowest BCUT2D eigenvalue weighted by molar-refractivity contribution is -0.132. The molecule has 1 aliphatic carbocycles. The normalized spacial score (nSPS) is 40.9. The van der Waals surface area contributed by atoms with Gasteiger partial charge in [-0.3, -0.25) is 4.79 Å². The van der Waals surface area contributed by atoms with E-state index in [0.29, 0.717) is 17.2 Å². The van der Waals surface area contributed by atoms with Crippen LogP contribution in [-0.4, -0.2) is 37.0 Å². The Labute approximate surface area is 84.8 Å². The largest absolute Gasteiger partial charge is 0.342 e. The highest BCUT2D eigenvalue weighted by atomic mass is 16.2. The van der Waals surface area contributed by atoms with Crippen molar-refractivity contribution in [3.05, 3.63) is 0 Å². The molecule has 0 bridgehead atoms. The average Bonchev–Trinajstić information content (AvgIpc) is 2.62. The Bertz CT molecular complexity index is 252. The fourth-order valence-electron chi connectivity index (χ4n) is 3.09. The third-order valence-corrected chi connectivity index (χ3v) is 4.18. The van der Waals surface area contributed by atoms with Crippen LogP contribution in [0.3, 0.4) is 0 Å². The smallest absolute Gasteiger partial charge is 0.226 e. The molecule has 0 aromatic heterocycles. The SMILES string of the molecule is O=C([C@H]1C[C@]12CCNC2)N1CCCC1. The van der Waals surface area contributed by atoms with Crippen molar-refractivity contribution in [3.8, 4) is 0 Å². The van der Waals surface area contributed by atoms with E-state index in [1.54, 1.807) is 0 Å². The molecule has 2 aliphatic heterocycles. The van der Waals surface area contributed by atoms with Crippen molar-refractivity contribution >= 4 is 5.91 Å². The molecule has 1 saturated carbocycles. The van der Waals surface area contributed by atoms with Crippen molar-refractivity contribution in [1.82, 2.24) is 10.2 Å². The average molecular weight is 194 g/mol. The summed E-state index contributed by atoms with van der Waals surface area (Å²) in [4.78, 5) is 14.1. The highest BCUT2D eigenvalue weighted by molar-refractivity contribution is 5.83. The number of carbonyl (C=O) groups excluding carboxylic acids is 1. The van der Waals surface area contributed by atoms with Gasteiger partial charge in [-0.1, -0.05) is 0 Å². The lowest BCUT2D eigenvalue weighted by Crippen LogP contribution is -2.31. The van der Waals surface area contributed by atoms with Crippen LogP contribution < -0.4 is 5.32 Å². The van der Waals surface area contributed by atoms with Crippen molar-refractivity contribution in [2.45, 2.75) is 25.7 Å². The fourth-order valence-corrected chi connectivity index (χ4v) is 3.09. The van der Waals surface area contributed by atoms with Gasteiger partial charge in [0, 0.05) is 25.6 Å². The first kappa shape index (κ1) is 8.72. The minimum Gasteiger partial charge on any atom is -0.342 e. The summed E-state index contributed by atoms with van der Waals surface area (Å²) < 4.78 is 0. The number of nitrogens with zero attached hydrogens (tertiary/aromatic N) is 1. The molecule has 0 aromatic rings. The molecule has 0 radical (unpaired) electrons. The standard InChI is InChI=1S/C11H18N2O/c14-10(13-5-1-2-6-13)9-7-11(9)3-4-12-8-11/h9,12H,1-8H2/t9-,11+/m1/s1. The van der Waals surface area contributed by atoms with E-state index in [4.69, 9.17) is 0 Å². The fraction of sp³-hybridized carbons (Fsp3) is 0.909. The predicted molar refractivity (Wildman–Crippen MR) is 53.8 cm³/mol. The van der Waals surface area contributed by atoms with Crippen LogP contribution in [0, 0.1) is 11.3 Å².